The van der Waals surface area contributed by atoms with Crippen molar-refractivity contribution >= 4 is 18.0 Å². The number of hydrogen-bond donors (Lipinski definition) is 1. The predicted octanol–water partition coefficient (Wildman–Crippen LogP) is 5.24. The quantitative estimate of drug-likeness (QED) is 0.299. The number of rotatable bonds is 7. The second kappa shape index (κ2) is 11.5. The summed E-state index contributed by atoms with van der Waals surface area (Å²) in [5, 5.41) is 7.75. The summed E-state index contributed by atoms with van der Waals surface area (Å²) in [6.45, 7) is 1.77. The summed E-state index contributed by atoms with van der Waals surface area (Å²) >= 11 is 0. The fourth-order valence-corrected chi connectivity index (χ4v) is 4.19. The number of nitrogens with one attached hydrogen (secondary N) is 1. The summed E-state index contributed by atoms with van der Waals surface area (Å²) in [6.07, 6.45) is 11.6. The molecule has 2 aromatic carbocycles. The Morgan fingerprint density at radius 2 is 1.74 bits per heavy atom. The molecule has 3 aromatic rings. The van der Waals surface area contributed by atoms with E-state index in [1.54, 1.807) is 10.8 Å². The van der Waals surface area contributed by atoms with Crippen LogP contribution in [0.2, 0.25) is 0 Å². The van der Waals surface area contributed by atoms with Crippen molar-refractivity contribution in [2.45, 2.75) is 51.5 Å². The lowest BCUT2D eigenvalue weighted by atomic mass is 10.1. The van der Waals surface area contributed by atoms with Gasteiger partial charge in [0.2, 0.25) is 0 Å². The average Bonchev–Trinajstić information content (AvgIpc) is 3.12. The van der Waals surface area contributed by atoms with Crippen LogP contribution in [-0.4, -0.2) is 34.3 Å². The van der Waals surface area contributed by atoms with E-state index in [4.69, 9.17) is 9.84 Å². The van der Waals surface area contributed by atoms with E-state index in [1.165, 1.54) is 18.9 Å². The molecular formula is C28H31N3O3. The molecule has 6 heteroatoms. The lowest BCUT2D eigenvalue weighted by molar-refractivity contribution is -0.144. The second-order valence-electron chi connectivity index (χ2n) is 8.78. The van der Waals surface area contributed by atoms with Gasteiger partial charge in [0.25, 0.3) is 5.91 Å². The smallest absolute Gasteiger partial charge is 0.331 e. The molecule has 34 heavy (non-hydrogen) atoms. The van der Waals surface area contributed by atoms with Gasteiger partial charge in [-0.25, -0.2) is 9.48 Å². The van der Waals surface area contributed by atoms with Crippen molar-refractivity contribution in [1.82, 2.24) is 15.1 Å². The number of aromatic nitrogens is 2. The topological polar surface area (TPSA) is 73.2 Å². The van der Waals surface area contributed by atoms with Gasteiger partial charge in [-0.3, -0.25) is 4.79 Å². The zero-order valence-electron chi connectivity index (χ0n) is 19.6. The van der Waals surface area contributed by atoms with E-state index in [1.807, 2.05) is 67.7 Å². The Balaban J connectivity index is 1.43. The fourth-order valence-electron chi connectivity index (χ4n) is 4.19. The van der Waals surface area contributed by atoms with E-state index in [-0.39, 0.29) is 18.6 Å². The molecule has 0 bridgehead atoms. The van der Waals surface area contributed by atoms with Crippen molar-refractivity contribution in [3.63, 3.8) is 0 Å². The maximum atomic E-state index is 12.3. The minimum atomic E-state index is -0.557. The molecule has 176 valence electrons. The molecule has 4 rings (SSSR count). The summed E-state index contributed by atoms with van der Waals surface area (Å²) in [7, 11) is 0. The number of ether oxygens (including phenoxy) is 1. The third-order valence-corrected chi connectivity index (χ3v) is 6.05. The Bertz CT molecular complexity index is 1130. The van der Waals surface area contributed by atoms with Gasteiger partial charge in [-0.05, 0) is 38.0 Å². The van der Waals surface area contributed by atoms with Crippen LogP contribution in [0.5, 0.6) is 0 Å². The van der Waals surface area contributed by atoms with Crippen LogP contribution >= 0.6 is 0 Å². The Morgan fingerprint density at radius 1 is 1.03 bits per heavy atom. The SMILES string of the molecule is Cc1ccc(-c2nn(-c3ccccc3)cc2C=CC(=O)OCC(=O)NC2CCCCCC2)cc1. The number of aryl methyl sites for hydroxylation is 1. The van der Waals surface area contributed by atoms with E-state index in [2.05, 4.69) is 5.32 Å². The van der Waals surface area contributed by atoms with Gasteiger partial charge in [-0.2, -0.15) is 5.10 Å². The van der Waals surface area contributed by atoms with Gasteiger partial charge in [0, 0.05) is 29.4 Å². The van der Waals surface area contributed by atoms with Crippen LogP contribution in [0.25, 0.3) is 23.0 Å². The number of carbonyl (C=O) groups is 2. The summed E-state index contributed by atoms with van der Waals surface area (Å²) < 4.78 is 6.98. The van der Waals surface area contributed by atoms with E-state index in [9.17, 15) is 9.59 Å². The molecule has 0 spiro atoms. The number of benzene rings is 2. The Hall–Kier alpha value is -3.67. The van der Waals surface area contributed by atoms with E-state index >= 15 is 0 Å². The highest BCUT2D eigenvalue weighted by molar-refractivity contribution is 5.90. The van der Waals surface area contributed by atoms with Crippen molar-refractivity contribution < 1.29 is 14.3 Å². The molecule has 1 aliphatic carbocycles. The van der Waals surface area contributed by atoms with Crippen LogP contribution in [0.4, 0.5) is 0 Å². The predicted molar refractivity (Wildman–Crippen MR) is 133 cm³/mol. The molecule has 1 amide bonds. The van der Waals surface area contributed by atoms with E-state index < -0.39 is 5.97 Å². The zero-order chi connectivity index (χ0) is 23.8. The highest BCUT2D eigenvalue weighted by Gasteiger charge is 2.16. The third-order valence-electron chi connectivity index (χ3n) is 6.05. The Kier molecular flexibility index (Phi) is 7.91. The van der Waals surface area contributed by atoms with Crippen molar-refractivity contribution in [3.8, 4) is 16.9 Å². The molecule has 0 unspecified atom stereocenters. The fraction of sp³-hybridized carbons (Fsp3) is 0.321. The molecule has 6 nitrogen and oxygen atoms in total. The largest absolute Gasteiger partial charge is 0.452 e. The van der Waals surface area contributed by atoms with Crippen molar-refractivity contribution in [2.75, 3.05) is 6.61 Å². The highest BCUT2D eigenvalue weighted by atomic mass is 16.5. The molecule has 1 aromatic heterocycles. The maximum Gasteiger partial charge on any atom is 0.331 e. The van der Waals surface area contributed by atoms with Crippen LogP contribution in [0.1, 0.15) is 49.7 Å². The van der Waals surface area contributed by atoms with E-state index in [0.717, 1.165) is 53.8 Å². The first kappa shape index (κ1) is 23.5. The third kappa shape index (κ3) is 6.44. The zero-order valence-corrected chi connectivity index (χ0v) is 19.6. The number of nitrogens with zero attached hydrogens (tertiary/aromatic N) is 2. The Morgan fingerprint density at radius 3 is 2.44 bits per heavy atom. The number of carbonyl (C=O) groups excluding carboxylic acids is 2. The van der Waals surface area contributed by atoms with Crippen LogP contribution < -0.4 is 5.32 Å². The molecule has 0 aliphatic heterocycles. The van der Waals surface area contributed by atoms with Crippen molar-refractivity contribution in [3.05, 3.63) is 78.0 Å². The van der Waals surface area contributed by atoms with Gasteiger partial charge in [0.05, 0.1) is 11.4 Å². The first-order valence-electron chi connectivity index (χ1n) is 11.9. The first-order valence-corrected chi connectivity index (χ1v) is 11.9. The summed E-state index contributed by atoms with van der Waals surface area (Å²) in [6, 6.07) is 18.1. The minimum absolute atomic E-state index is 0.185. The molecular weight excluding hydrogens is 426 g/mol. The van der Waals surface area contributed by atoms with Crippen LogP contribution in [0.15, 0.2) is 66.9 Å². The standard InChI is InChI=1S/C28H31N3O3/c1-21-13-15-22(16-14-21)28-23(19-31(30-28)25-11-7-4-8-12-25)17-18-27(33)34-20-26(32)29-24-9-5-2-3-6-10-24/h4,7-8,11-19,24H,2-3,5-6,9-10,20H2,1H3,(H,29,32). The van der Waals surface area contributed by atoms with Gasteiger partial charge >= 0.3 is 5.97 Å². The normalized spacial score (nSPS) is 14.6. The highest BCUT2D eigenvalue weighted by Crippen LogP contribution is 2.25. The molecule has 0 radical (unpaired) electrons. The van der Waals surface area contributed by atoms with Crippen LogP contribution in [0.3, 0.4) is 0 Å². The molecule has 1 saturated carbocycles. The van der Waals surface area contributed by atoms with E-state index in [0.29, 0.717) is 0 Å². The summed E-state index contributed by atoms with van der Waals surface area (Å²) in [5.74, 6) is -0.802. The lowest BCUT2D eigenvalue weighted by Crippen LogP contribution is -2.37. The molecule has 1 aliphatic rings. The minimum Gasteiger partial charge on any atom is -0.452 e. The number of esters is 1. The maximum absolute atomic E-state index is 12.3. The number of hydrogen-bond acceptors (Lipinski definition) is 4. The first-order chi connectivity index (χ1) is 16.6. The van der Waals surface area contributed by atoms with Gasteiger partial charge in [-0.15, -0.1) is 0 Å². The molecule has 1 heterocycles. The Labute approximate surface area is 200 Å². The van der Waals surface area contributed by atoms with Gasteiger partial charge in [-0.1, -0.05) is 73.7 Å². The molecule has 0 atom stereocenters. The van der Waals surface area contributed by atoms with Gasteiger partial charge in [0.1, 0.15) is 0 Å². The summed E-state index contributed by atoms with van der Waals surface area (Å²) in [5.41, 5.74) is 4.59. The van der Waals surface area contributed by atoms with Gasteiger partial charge in [0.15, 0.2) is 6.61 Å². The number of amides is 1. The number of para-hydroxylation sites is 1. The average molecular weight is 458 g/mol. The second-order valence-corrected chi connectivity index (χ2v) is 8.78. The molecule has 1 N–H and O–H groups in total. The van der Waals surface area contributed by atoms with Crippen molar-refractivity contribution in [1.29, 1.82) is 0 Å². The molecule has 0 saturated heterocycles. The molecule has 1 fully saturated rings. The van der Waals surface area contributed by atoms with Crippen LogP contribution in [0, 0.1) is 6.92 Å². The van der Waals surface area contributed by atoms with Gasteiger partial charge < -0.3 is 10.1 Å². The van der Waals surface area contributed by atoms with Crippen molar-refractivity contribution in [2.24, 2.45) is 0 Å². The summed E-state index contributed by atoms with van der Waals surface area (Å²) in [4.78, 5) is 24.5. The van der Waals surface area contributed by atoms with Crippen LogP contribution in [-0.2, 0) is 14.3 Å². The lowest BCUT2D eigenvalue weighted by Gasteiger charge is -2.15. The monoisotopic (exact) mass is 457 g/mol.